The summed E-state index contributed by atoms with van der Waals surface area (Å²) in [5.41, 5.74) is 1.07. The van der Waals surface area contributed by atoms with E-state index in [9.17, 15) is 4.79 Å². The molecule has 0 spiro atoms. The number of pyridine rings is 1. The molecule has 1 unspecified atom stereocenters. The SMILES string of the molecule is CCOC(=O)C1(C)CCc2ccc(COc3ccc(-n4cncn4)nc3)cc2O1. The number of aryl methyl sites for hydroxylation is 1. The molecule has 2 aromatic heterocycles. The topological polar surface area (TPSA) is 88.4 Å². The highest BCUT2D eigenvalue weighted by atomic mass is 16.6. The van der Waals surface area contributed by atoms with Gasteiger partial charge in [0.2, 0.25) is 5.60 Å². The molecule has 3 aromatic rings. The highest BCUT2D eigenvalue weighted by Gasteiger charge is 2.40. The van der Waals surface area contributed by atoms with Crippen molar-refractivity contribution in [2.24, 2.45) is 0 Å². The van der Waals surface area contributed by atoms with Gasteiger partial charge in [-0.1, -0.05) is 12.1 Å². The number of esters is 1. The van der Waals surface area contributed by atoms with Crippen molar-refractivity contribution >= 4 is 5.97 Å². The van der Waals surface area contributed by atoms with Gasteiger partial charge in [-0.3, -0.25) is 0 Å². The lowest BCUT2D eigenvalue weighted by Gasteiger charge is -2.33. The Labute approximate surface area is 168 Å². The van der Waals surface area contributed by atoms with Crippen molar-refractivity contribution in [2.75, 3.05) is 6.61 Å². The minimum Gasteiger partial charge on any atom is -0.487 e. The summed E-state index contributed by atoms with van der Waals surface area (Å²) >= 11 is 0. The molecule has 0 saturated heterocycles. The minimum absolute atomic E-state index is 0.328. The van der Waals surface area contributed by atoms with Crippen molar-refractivity contribution in [3.05, 3.63) is 60.3 Å². The van der Waals surface area contributed by atoms with Crippen LogP contribution in [0, 0.1) is 0 Å². The first-order valence-corrected chi connectivity index (χ1v) is 9.49. The summed E-state index contributed by atoms with van der Waals surface area (Å²) in [6.07, 6.45) is 6.04. The van der Waals surface area contributed by atoms with Crippen LogP contribution in [0.3, 0.4) is 0 Å². The predicted octanol–water partition coefficient (Wildman–Crippen LogP) is 2.89. The van der Waals surface area contributed by atoms with Gasteiger partial charge in [0.15, 0.2) is 5.82 Å². The van der Waals surface area contributed by atoms with Crippen LogP contribution in [0.15, 0.2) is 49.2 Å². The lowest BCUT2D eigenvalue weighted by atomic mass is 9.92. The van der Waals surface area contributed by atoms with Crippen LogP contribution in [0.2, 0.25) is 0 Å². The standard InChI is InChI=1S/C21H22N4O4/c1-3-27-20(26)21(2)9-8-16-5-4-15(10-18(16)29-21)12-28-17-6-7-19(23-11-17)25-14-22-13-24-25/h4-7,10-11,13-14H,3,8-9,12H2,1-2H3. The zero-order valence-electron chi connectivity index (χ0n) is 16.4. The maximum atomic E-state index is 12.2. The molecule has 150 valence electrons. The second-order valence-electron chi connectivity index (χ2n) is 6.98. The lowest BCUT2D eigenvalue weighted by Crippen LogP contribution is -2.45. The Kier molecular flexibility index (Phi) is 5.16. The van der Waals surface area contributed by atoms with Crippen LogP contribution in [-0.4, -0.2) is 37.9 Å². The zero-order chi connectivity index (χ0) is 20.3. The van der Waals surface area contributed by atoms with Gasteiger partial charge >= 0.3 is 5.97 Å². The minimum atomic E-state index is -0.955. The van der Waals surface area contributed by atoms with E-state index < -0.39 is 5.60 Å². The number of hydrogen-bond donors (Lipinski definition) is 0. The Morgan fingerprint density at radius 1 is 1.31 bits per heavy atom. The van der Waals surface area contributed by atoms with Gasteiger partial charge in [0.05, 0.1) is 12.8 Å². The third-order valence-corrected chi connectivity index (χ3v) is 4.83. The molecule has 0 saturated carbocycles. The largest absolute Gasteiger partial charge is 0.487 e. The van der Waals surface area contributed by atoms with Gasteiger partial charge in [0, 0.05) is 6.42 Å². The van der Waals surface area contributed by atoms with Crippen LogP contribution in [0.1, 0.15) is 31.4 Å². The third kappa shape index (κ3) is 4.06. The van der Waals surface area contributed by atoms with Gasteiger partial charge in [-0.15, -0.1) is 0 Å². The number of hydrogen-bond acceptors (Lipinski definition) is 7. The second kappa shape index (κ2) is 7.90. The molecular weight excluding hydrogens is 372 g/mol. The fourth-order valence-electron chi connectivity index (χ4n) is 3.17. The average Bonchev–Trinajstić information content (AvgIpc) is 3.27. The van der Waals surface area contributed by atoms with E-state index in [-0.39, 0.29) is 5.97 Å². The summed E-state index contributed by atoms with van der Waals surface area (Å²) in [5, 5.41) is 4.04. The third-order valence-electron chi connectivity index (χ3n) is 4.83. The Morgan fingerprint density at radius 3 is 2.93 bits per heavy atom. The van der Waals surface area contributed by atoms with Crippen LogP contribution in [-0.2, 0) is 22.6 Å². The van der Waals surface area contributed by atoms with Gasteiger partial charge in [-0.2, -0.15) is 5.10 Å². The first-order valence-electron chi connectivity index (χ1n) is 9.49. The second-order valence-corrected chi connectivity index (χ2v) is 6.98. The summed E-state index contributed by atoms with van der Waals surface area (Å²) in [5.74, 6) is 1.68. The van der Waals surface area contributed by atoms with Gasteiger partial charge in [-0.25, -0.2) is 19.4 Å². The van der Waals surface area contributed by atoms with Gasteiger partial charge < -0.3 is 14.2 Å². The van der Waals surface area contributed by atoms with Crippen molar-refractivity contribution in [1.29, 1.82) is 0 Å². The first-order chi connectivity index (χ1) is 14.1. The van der Waals surface area contributed by atoms with Crippen LogP contribution in [0.25, 0.3) is 5.82 Å². The summed E-state index contributed by atoms with van der Waals surface area (Å²) in [4.78, 5) is 20.5. The molecule has 0 radical (unpaired) electrons. The lowest BCUT2D eigenvalue weighted by molar-refractivity contribution is -0.161. The molecular formula is C21H22N4O4. The number of rotatable bonds is 6. The molecule has 0 N–H and O–H groups in total. The molecule has 0 bridgehead atoms. The van der Waals surface area contributed by atoms with Gasteiger partial charge in [0.25, 0.3) is 0 Å². The van der Waals surface area contributed by atoms with E-state index in [0.29, 0.717) is 37.0 Å². The first kappa shape index (κ1) is 18.9. The predicted molar refractivity (Wildman–Crippen MR) is 104 cm³/mol. The molecule has 1 aliphatic rings. The molecule has 1 aliphatic heterocycles. The van der Waals surface area contributed by atoms with E-state index in [4.69, 9.17) is 14.2 Å². The summed E-state index contributed by atoms with van der Waals surface area (Å²) in [7, 11) is 0. The molecule has 0 amide bonds. The highest BCUT2D eigenvalue weighted by Crippen LogP contribution is 2.35. The molecule has 1 aromatic carbocycles. The maximum Gasteiger partial charge on any atom is 0.350 e. The van der Waals surface area contributed by atoms with E-state index >= 15 is 0 Å². The number of fused-ring (bicyclic) bond motifs is 1. The summed E-state index contributed by atoms with van der Waals surface area (Å²) in [6, 6.07) is 9.59. The van der Waals surface area contributed by atoms with Crippen molar-refractivity contribution < 1.29 is 19.0 Å². The number of ether oxygens (including phenoxy) is 3. The monoisotopic (exact) mass is 394 g/mol. The molecule has 8 heteroatoms. The zero-order valence-corrected chi connectivity index (χ0v) is 16.4. The van der Waals surface area contributed by atoms with Crippen LogP contribution < -0.4 is 9.47 Å². The normalized spacial score (nSPS) is 17.9. The van der Waals surface area contributed by atoms with E-state index in [1.54, 1.807) is 31.1 Å². The Balaban J connectivity index is 1.42. The fraction of sp³-hybridized carbons (Fsp3) is 0.333. The summed E-state index contributed by atoms with van der Waals surface area (Å²) in [6.45, 7) is 4.26. The molecule has 8 nitrogen and oxygen atoms in total. The Bertz CT molecular complexity index is 988. The van der Waals surface area contributed by atoms with Gasteiger partial charge in [-0.05, 0) is 49.6 Å². The van der Waals surface area contributed by atoms with Crippen LogP contribution in [0.5, 0.6) is 11.5 Å². The molecule has 0 fully saturated rings. The number of carbonyl (C=O) groups is 1. The molecule has 1 atom stereocenters. The van der Waals surface area contributed by atoms with Crippen molar-refractivity contribution in [3.8, 4) is 17.3 Å². The summed E-state index contributed by atoms with van der Waals surface area (Å²) < 4.78 is 18.6. The van der Waals surface area contributed by atoms with E-state index in [1.807, 2.05) is 30.3 Å². The molecule has 3 heterocycles. The molecule has 4 rings (SSSR count). The fourth-order valence-corrected chi connectivity index (χ4v) is 3.17. The Morgan fingerprint density at radius 2 is 2.21 bits per heavy atom. The maximum absolute atomic E-state index is 12.2. The number of aromatic nitrogens is 4. The molecule has 0 aliphatic carbocycles. The average molecular weight is 394 g/mol. The number of benzene rings is 1. The van der Waals surface area contributed by atoms with E-state index in [1.165, 1.54) is 6.33 Å². The quantitative estimate of drug-likeness (QED) is 0.594. The van der Waals surface area contributed by atoms with Crippen molar-refractivity contribution in [1.82, 2.24) is 19.7 Å². The van der Waals surface area contributed by atoms with Gasteiger partial charge in [0.1, 0.15) is 30.8 Å². The van der Waals surface area contributed by atoms with Crippen molar-refractivity contribution in [2.45, 2.75) is 38.9 Å². The van der Waals surface area contributed by atoms with E-state index in [2.05, 4.69) is 15.1 Å². The number of nitrogens with zero attached hydrogens (tertiary/aromatic N) is 4. The van der Waals surface area contributed by atoms with Crippen LogP contribution in [0.4, 0.5) is 0 Å². The molecule has 29 heavy (non-hydrogen) atoms. The smallest absolute Gasteiger partial charge is 0.350 e. The van der Waals surface area contributed by atoms with Crippen LogP contribution >= 0.6 is 0 Å². The van der Waals surface area contributed by atoms with E-state index in [0.717, 1.165) is 17.5 Å². The van der Waals surface area contributed by atoms with Crippen molar-refractivity contribution in [3.63, 3.8) is 0 Å². The number of carbonyl (C=O) groups excluding carboxylic acids is 1. The highest BCUT2D eigenvalue weighted by molar-refractivity contribution is 5.80. The Hall–Kier alpha value is -3.42.